The molecule has 1 aromatic heterocycles. The fraction of sp³-hybridized carbons (Fsp3) is 0.400. The molecule has 2 aromatic rings. The van der Waals surface area contributed by atoms with Gasteiger partial charge in [0.2, 0.25) is 5.91 Å². The third-order valence-electron chi connectivity index (χ3n) is 5.22. The summed E-state index contributed by atoms with van der Waals surface area (Å²) in [6.07, 6.45) is 3.69. The van der Waals surface area contributed by atoms with Crippen LogP contribution >= 0.6 is 0 Å². The van der Waals surface area contributed by atoms with E-state index in [0.29, 0.717) is 0 Å². The average Bonchev–Trinajstić information content (AvgIpc) is 2.82. The summed E-state index contributed by atoms with van der Waals surface area (Å²) in [5.74, 6) is 0.142. The molecule has 1 saturated heterocycles. The van der Waals surface area contributed by atoms with Gasteiger partial charge in [-0.05, 0) is 36.6 Å². The number of anilines is 1. The van der Waals surface area contributed by atoms with Gasteiger partial charge in [-0.1, -0.05) is 24.3 Å². The summed E-state index contributed by atoms with van der Waals surface area (Å²) in [4.78, 5) is 21.8. The number of nitrogens with one attached hydrogen (secondary N) is 1. The molecule has 1 N–H and O–H groups in total. The van der Waals surface area contributed by atoms with Crippen LogP contribution in [0.5, 0.6) is 0 Å². The Morgan fingerprint density at radius 1 is 1.04 bits per heavy atom. The van der Waals surface area contributed by atoms with Gasteiger partial charge in [-0.2, -0.15) is 0 Å². The van der Waals surface area contributed by atoms with E-state index in [9.17, 15) is 4.79 Å². The summed E-state index contributed by atoms with van der Waals surface area (Å²) in [7, 11) is 0. The Balaban J connectivity index is 1.35. The summed E-state index contributed by atoms with van der Waals surface area (Å²) >= 11 is 0. The molecule has 0 spiro atoms. The zero-order valence-corrected chi connectivity index (χ0v) is 14.4. The van der Waals surface area contributed by atoms with Gasteiger partial charge in [0.1, 0.15) is 0 Å². The van der Waals surface area contributed by atoms with Crippen molar-refractivity contribution in [2.24, 2.45) is 0 Å². The van der Waals surface area contributed by atoms with Gasteiger partial charge in [-0.3, -0.25) is 19.6 Å². The highest BCUT2D eigenvalue weighted by Gasteiger charge is 2.31. The van der Waals surface area contributed by atoms with Crippen LogP contribution in [0.15, 0.2) is 48.7 Å². The summed E-state index contributed by atoms with van der Waals surface area (Å²) in [6.45, 7) is 4.71. The monoisotopic (exact) mass is 336 g/mol. The second-order valence-electron chi connectivity index (χ2n) is 6.83. The molecule has 2 aliphatic rings. The van der Waals surface area contributed by atoms with Crippen LogP contribution in [0.25, 0.3) is 0 Å². The molecule has 1 aromatic carbocycles. The molecule has 1 amide bonds. The molecule has 25 heavy (non-hydrogen) atoms. The molecule has 2 aliphatic heterocycles. The highest BCUT2D eigenvalue weighted by atomic mass is 16.2. The zero-order valence-electron chi connectivity index (χ0n) is 14.4. The topological polar surface area (TPSA) is 48.5 Å². The number of carbonyl (C=O) groups is 1. The van der Waals surface area contributed by atoms with Crippen LogP contribution in [0.3, 0.4) is 0 Å². The Morgan fingerprint density at radius 2 is 1.84 bits per heavy atom. The first-order chi connectivity index (χ1) is 12.3. The predicted octanol–water partition coefficient (Wildman–Crippen LogP) is 2.15. The molecule has 0 saturated carbocycles. The van der Waals surface area contributed by atoms with E-state index < -0.39 is 0 Å². The van der Waals surface area contributed by atoms with Crippen molar-refractivity contribution in [3.05, 3.63) is 59.9 Å². The minimum atomic E-state index is -0.0237. The first-order valence-corrected chi connectivity index (χ1v) is 9.05. The number of rotatable bonds is 3. The molecule has 0 unspecified atom stereocenters. The quantitative estimate of drug-likeness (QED) is 0.933. The highest BCUT2D eigenvalue weighted by Crippen LogP contribution is 2.24. The lowest BCUT2D eigenvalue weighted by Crippen LogP contribution is -2.53. The predicted molar refractivity (Wildman–Crippen MR) is 98.3 cm³/mol. The number of pyridine rings is 1. The summed E-state index contributed by atoms with van der Waals surface area (Å²) < 4.78 is 0. The van der Waals surface area contributed by atoms with Crippen molar-refractivity contribution in [3.8, 4) is 0 Å². The largest absolute Gasteiger partial charge is 0.324 e. The first-order valence-electron chi connectivity index (χ1n) is 9.05. The Hall–Kier alpha value is -2.24. The smallest absolute Gasteiger partial charge is 0.241 e. The Morgan fingerprint density at radius 3 is 2.64 bits per heavy atom. The number of aromatic nitrogens is 1. The standard InChI is InChI=1S/C20H24N4O/c25-20-19(9-8-16-5-1-2-7-18(16)22-20)24-13-11-23(12-14-24)15-17-6-3-4-10-21-17/h1-7,10,19H,8-9,11-15H2,(H,22,25)/t19-/m1/s1. The summed E-state index contributed by atoms with van der Waals surface area (Å²) in [6, 6.07) is 14.2. The summed E-state index contributed by atoms with van der Waals surface area (Å²) in [5, 5.41) is 3.12. The molecular formula is C20H24N4O. The lowest BCUT2D eigenvalue weighted by atomic mass is 10.0. The van der Waals surface area contributed by atoms with E-state index in [1.807, 2.05) is 36.5 Å². The van der Waals surface area contributed by atoms with E-state index in [-0.39, 0.29) is 11.9 Å². The van der Waals surface area contributed by atoms with Crippen molar-refractivity contribution >= 4 is 11.6 Å². The van der Waals surface area contributed by atoms with E-state index >= 15 is 0 Å². The van der Waals surface area contributed by atoms with Crippen molar-refractivity contribution < 1.29 is 4.79 Å². The van der Waals surface area contributed by atoms with Crippen LogP contribution in [-0.4, -0.2) is 52.9 Å². The minimum Gasteiger partial charge on any atom is -0.324 e. The van der Waals surface area contributed by atoms with Gasteiger partial charge in [-0.15, -0.1) is 0 Å². The first kappa shape index (κ1) is 16.2. The molecule has 4 rings (SSSR count). The van der Waals surface area contributed by atoms with Gasteiger partial charge < -0.3 is 5.32 Å². The number of hydrogen-bond acceptors (Lipinski definition) is 4. The minimum absolute atomic E-state index is 0.0237. The lowest BCUT2D eigenvalue weighted by molar-refractivity contribution is -0.122. The molecule has 3 heterocycles. The van der Waals surface area contributed by atoms with Crippen LogP contribution in [0, 0.1) is 0 Å². The van der Waals surface area contributed by atoms with Gasteiger partial charge >= 0.3 is 0 Å². The molecule has 1 atom stereocenters. The third kappa shape index (κ3) is 3.72. The van der Waals surface area contributed by atoms with Crippen molar-refractivity contribution in [2.75, 3.05) is 31.5 Å². The second-order valence-corrected chi connectivity index (χ2v) is 6.83. The van der Waals surface area contributed by atoms with E-state index in [0.717, 1.165) is 56.9 Å². The van der Waals surface area contributed by atoms with Crippen LogP contribution in [0.4, 0.5) is 5.69 Å². The fourth-order valence-corrected chi connectivity index (χ4v) is 3.80. The molecule has 0 bridgehead atoms. The zero-order chi connectivity index (χ0) is 17.1. The van der Waals surface area contributed by atoms with Crippen molar-refractivity contribution in [1.29, 1.82) is 0 Å². The normalized spacial score (nSPS) is 22.1. The van der Waals surface area contributed by atoms with E-state index in [1.54, 1.807) is 0 Å². The van der Waals surface area contributed by atoms with Crippen LogP contribution in [0.2, 0.25) is 0 Å². The maximum absolute atomic E-state index is 12.7. The number of nitrogens with zero attached hydrogens (tertiary/aromatic N) is 3. The number of carbonyl (C=O) groups excluding carboxylic acids is 1. The molecule has 1 fully saturated rings. The maximum Gasteiger partial charge on any atom is 0.241 e. The number of fused-ring (bicyclic) bond motifs is 1. The Bertz CT molecular complexity index is 725. The molecule has 5 nitrogen and oxygen atoms in total. The number of benzene rings is 1. The second kappa shape index (κ2) is 7.33. The number of piperazine rings is 1. The Labute approximate surface area is 148 Å². The van der Waals surface area contributed by atoms with Gasteiger partial charge in [-0.25, -0.2) is 0 Å². The van der Waals surface area contributed by atoms with Crippen molar-refractivity contribution in [3.63, 3.8) is 0 Å². The fourth-order valence-electron chi connectivity index (χ4n) is 3.80. The SMILES string of the molecule is O=C1Nc2ccccc2CC[C@H]1N1CCN(Cc2ccccn2)CC1. The maximum atomic E-state index is 12.7. The number of aryl methyl sites for hydroxylation is 1. The summed E-state index contributed by atoms with van der Waals surface area (Å²) in [5.41, 5.74) is 3.33. The van der Waals surface area contributed by atoms with Gasteiger partial charge in [0.15, 0.2) is 0 Å². The molecule has 5 heteroatoms. The average molecular weight is 336 g/mol. The molecule has 0 aliphatic carbocycles. The van der Waals surface area contributed by atoms with Gasteiger partial charge in [0.25, 0.3) is 0 Å². The van der Waals surface area contributed by atoms with E-state index in [4.69, 9.17) is 0 Å². The Kier molecular flexibility index (Phi) is 4.76. The van der Waals surface area contributed by atoms with Gasteiger partial charge in [0.05, 0.1) is 11.7 Å². The number of hydrogen-bond donors (Lipinski definition) is 1. The van der Waals surface area contributed by atoms with Gasteiger partial charge in [0, 0.05) is 44.6 Å². The number of para-hydroxylation sites is 1. The van der Waals surface area contributed by atoms with Crippen molar-refractivity contribution in [2.45, 2.75) is 25.4 Å². The van der Waals surface area contributed by atoms with Crippen molar-refractivity contribution in [1.82, 2.24) is 14.8 Å². The van der Waals surface area contributed by atoms with Crippen LogP contribution in [-0.2, 0) is 17.8 Å². The van der Waals surface area contributed by atoms with E-state index in [2.05, 4.69) is 32.2 Å². The molecular weight excluding hydrogens is 312 g/mol. The lowest BCUT2D eigenvalue weighted by Gasteiger charge is -2.38. The molecule has 0 radical (unpaired) electrons. The van der Waals surface area contributed by atoms with Crippen LogP contribution < -0.4 is 5.32 Å². The number of amides is 1. The van der Waals surface area contributed by atoms with E-state index in [1.165, 1.54) is 5.56 Å². The third-order valence-corrected chi connectivity index (χ3v) is 5.22. The highest BCUT2D eigenvalue weighted by molar-refractivity contribution is 5.96. The molecule has 130 valence electrons. The van der Waals surface area contributed by atoms with Crippen LogP contribution in [0.1, 0.15) is 17.7 Å².